The van der Waals surface area contributed by atoms with Gasteiger partial charge in [0.1, 0.15) is 0 Å². The number of hydrogen-bond donors (Lipinski definition) is 1. The van der Waals surface area contributed by atoms with Crippen molar-refractivity contribution in [2.45, 2.75) is 18.4 Å². The van der Waals surface area contributed by atoms with E-state index in [1.54, 1.807) is 12.1 Å². The van der Waals surface area contributed by atoms with Crippen molar-refractivity contribution in [2.24, 2.45) is 0 Å². The van der Waals surface area contributed by atoms with Crippen LogP contribution >= 0.6 is 0 Å². The summed E-state index contributed by atoms with van der Waals surface area (Å²) >= 11 is 0. The summed E-state index contributed by atoms with van der Waals surface area (Å²) in [6.45, 7) is 3.72. The van der Waals surface area contributed by atoms with Gasteiger partial charge in [0.25, 0.3) is 0 Å². The standard InChI is InChI=1S/C10H15NO2S.H2/c1-3-11-8-9-4-6-10(7-5-9)14(2,12)13;/h4-7,11H,3,8H2,1-2H3;1H. The van der Waals surface area contributed by atoms with Crippen LogP contribution in [0.4, 0.5) is 0 Å². The van der Waals surface area contributed by atoms with Gasteiger partial charge < -0.3 is 5.32 Å². The Morgan fingerprint density at radius 1 is 1.29 bits per heavy atom. The van der Waals surface area contributed by atoms with Crippen molar-refractivity contribution in [1.82, 2.24) is 5.32 Å². The molecule has 0 spiro atoms. The van der Waals surface area contributed by atoms with Crippen molar-refractivity contribution < 1.29 is 9.84 Å². The summed E-state index contributed by atoms with van der Waals surface area (Å²) in [5.74, 6) is 0. The molecular formula is C10H17NO2S. The first-order valence-electron chi connectivity index (χ1n) is 4.53. The molecule has 1 N–H and O–H groups in total. The maximum atomic E-state index is 11.1. The van der Waals surface area contributed by atoms with Crippen molar-refractivity contribution in [1.29, 1.82) is 0 Å². The zero-order valence-corrected chi connectivity index (χ0v) is 9.26. The topological polar surface area (TPSA) is 46.2 Å². The highest BCUT2D eigenvalue weighted by molar-refractivity contribution is 7.90. The number of benzene rings is 1. The van der Waals surface area contributed by atoms with E-state index in [1.807, 2.05) is 19.1 Å². The molecule has 0 aliphatic carbocycles. The molecule has 1 aromatic carbocycles. The summed E-state index contributed by atoms with van der Waals surface area (Å²) < 4.78 is 22.3. The van der Waals surface area contributed by atoms with Gasteiger partial charge in [-0.3, -0.25) is 0 Å². The predicted molar refractivity (Wildman–Crippen MR) is 59.0 cm³/mol. The van der Waals surface area contributed by atoms with E-state index >= 15 is 0 Å². The molecule has 14 heavy (non-hydrogen) atoms. The Morgan fingerprint density at radius 3 is 2.29 bits per heavy atom. The average molecular weight is 215 g/mol. The van der Waals surface area contributed by atoms with Gasteiger partial charge in [0.2, 0.25) is 0 Å². The number of rotatable bonds is 4. The van der Waals surface area contributed by atoms with Crippen LogP contribution in [0.25, 0.3) is 0 Å². The van der Waals surface area contributed by atoms with E-state index in [0.29, 0.717) is 4.90 Å². The molecule has 3 nitrogen and oxygen atoms in total. The Bertz CT molecular complexity index is 386. The third kappa shape index (κ3) is 3.12. The van der Waals surface area contributed by atoms with Gasteiger partial charge in [-0.05, 0) is 24.2 Å². The molecule has 0 atom stereocenters. The highest BCUT2D eigenvalue weighted by Gasteiger charge is 2.05. The average Bonchev–Trinajstić information content (AvgIpc) is 2.14. The Morgan fingerprint density at radius 2 is 1.86 bits per heavy atom. The lowest BCUT2D eigenvalue weighted by Gasteiger charge is -2.03. The first-order valence-corrected chi connectivity index (χ1v) is 6.43. The van der Waals surface area contributed by atoms with Crippen LogP contribution in [0.5, 0.6) is 0 Å². The molecule has 0 bridgehead atoms. The molecule has 0 aliphatic heterocycles. The fourth-order valence-corrected chi connectivity index (χ4v) is 1.75. The van der Waals surface area contributed by atoms with Crippen molar-refractivity contribution in [3.8, 4) is 0 Å². The first-order chi connectivity index (χ1) is 6.54. The molecular weight excluding hydrogens is 198 g/mol. The molecule has 0 unspecified atom stereocenters. The Hall–Kier alpha value is -0.870. The molecule has 1 rings (SSSR count). The number of nitrogens with one attached hydrogen (secondary N) is 1. The minimum Gasteiger partial charge on any atom is -0.313 e. The monoisotopic (exact) mass is 215 g/mol. The van der Waals surface area contributed by atoms with E-state index in [2.05, 4.69) is 5.32 Å². The normalized spacial score (nSPS) is 11.6. The lowest BCUT2D eigenvalue weighted by atomic mass is 10.2. The van der Waals surface area contributed by atoms with E-state index in [0.717, 1.165) is 18.7 Å². The van der Waals surface area contributed by atoms with Gasteiger partial charge in [-0.2, -0.15) is 0 Å². The summed E-state index contributed by atoms with van der Waals surface area (Å²) in [4.78, 5) is 0.373. The third-order valence-corrected chi connectivity index (χ3v) is 3.06. The van der Waals surface area contributed by atoms with Crippen LogP contribution < -0.4 is 5.32 Å². The minimum atomic E-state index is -3.06. The van der Waals surface area contributed by atoms with E-state index in [-0.39, 0.29) is 1.43 Å². The first kappa shape index (κ1) is 11.2. The summed E-state index contributed by atoms with van der Waals surface area (Å²) in [6.07, 6.45) is 1.21. The molecule has 0 aromatic heterocycles. The molecule has 0 saturated carbocycles. The SMILES string of the molecule is CCNCc1ccc(S(C)(=O)=O)cc1.[HH]. The molecule has 0 amide bonds. The Balaban J connectivity index is 0.00000196. The molecule has 0 saturated heterocycles. The van der Waals surface area contributed by atoms with Crippen LogP contribution in [-0.2, 0) is 16.4 Å². The summed E-state index contributed by atoms with van der Waals surface area (Å²) in [7, 11) is -3.06. The second kappa shape index (κ2) is 4.57. The molecule has 0 aliphatic rings. The lowest BCUT2D eigenvalue weighted by molar-refractivity contribution is 0.602. The van der Waals surface area contributed by atoms with Crippen molar-refractivity contribution in [3.63, 3.8) is 0 Å². The van der Waals surface area contributed by atoms with Crippen LogP contribution in [0.2, 0.25) is 0 Å². The Labute approximate surface area is 86.6 Å². The minimum absolute atomic E-state index is 0. The molecule has 80 valence electrons. The van der Waals surface area contributed by atoms with Crippen molar-refractivity contribution >= 4 is 9.84 Å². The van der Waals surface area contributed by atoms with E-state index < -0.39 is 9.84 Å². The number of sulfone groups is 1. The number of hydrogen-bond acceptors (Lipinski definition) is 3. The fourth-order valence-electron chi connectivity index (χ4n) is 1.12. The van der Waals surface area contributed by atoms with E-state index in [1.165, 1.54) is 6.26 Å². The zero-order valence-electron chi connectivity index (χ0n) is 8.45. The van der Waals surface area contributed by atoms with Crippen LogP contribution in [-0.4, -0.2) is 21.2 Å². The van der Waals surface area contributed by atoms with Crippen LogP contribution in [0.15, 0.2) is 29.2 Å². The molecule has 0 fully saturated rings. The molecule has 0 radical (unpaired) electrons. The van der Waals surface area contributed by atoms with Crippen LogP contribution in [0.1, 0.15) is 13.9 Å². The summed E-state index contributed by atoms with van der Waals surface area (Å²) in [5.41, 5.74) is 1.10. The van der Waals surface area contributed by atoms with Crippen molar-refractivity contribution in [3.05, 3.63) is 29.8 Å². The molecule has 1 aromatic rings. The maximum absolute atomic E-state index is 11.1. The third-order valence-electron chi connectivity index (χ3n) is 1.93. The van der Waals surface area contributed by atoms with Gasteiger partial charge >= 0.3 is 0 Å². The highest BCUT2D eigenvalue weighted by Crippen LogP contribution is 2.09. The second-order valence-electron chi connectivity index (χ2n) is 3.20. The van der Waals surface area contributed by atoms with Gasteiger partial charge in [-0.1, -0.05) is 19.1 Å². The van der Waals surface area contributed by atoms with Gasteiger partial charge in [-0.15, -0.1) is 0 Å². The van der Waals surface area contributed by atoms with E-state index in [4.69, 9.17) is 0 Å². The maximum Gasteiger partial charge on any atom is 0.175 e. The largest absolute Gasteiger partial charge is 0.313 e. The highest BCUT2D eigenvalue weighted by atomic mass is 32.2. The van der Waals surface area contributed by atoms with Gasteiger partial charge in [0, 0.05) is 14.2 Å². The smallest absolute Gasteiger partial charge is 0.175 e. The quantitative estimate of drug-likeness (QED) is 0.826. The molecule has 4 heteroatoms. The summed E-state index contributed by atoms with van der Waals surface area (Å²) in [6, 6.07) is 6.95. The van der Waals surface area contributed by atoms with Gasteiger partial charge in [0.15, 0.2) is 9.84 Å². The van der Waals surface area contributed by atoms with Gasteiger partial charge in [-0.25, -0.2) is 8.42 Å². The zero-order chi connectivity index (χ0) is 10.6. The second-order valence-corrected chi connectivity index (χ2v) is 5.21. The lowest BCUT2D eigenvalue weighted by Crippen LogP contribution is -2.11. The summed E-state index contributed by atoms with van der Waals surface area (Å²) in [5, 5.41) is 3.17. The van der Waals surface area contributed by atoms with Crippen LogP contribution in [0, 0.1) is 0 Å². The predicted octanol–water partition coefficient (Wildman–Crippen LogP) is 1.45. The van der Waals surface area contributed by atoms with E-state index in [9.17, 15) is 8.42 Å². The van der Waals surface area contributed by atoms with Crippen molar-refractivity contribution in [2.75, 3.05) is 12.8 Å². The van der Waals surface area contributed by atoms with Crippen LogP contribution in [0.3, 0.4) is 0 Å². The fraction of sp³-hybridized carbons (Fsp3) is 0.400. The van der Waals surface area contributed by atoms with Gasteiger partial charge in [0.05, 0.1) is 4.90 Å². The Kier molecular flexibility index (Phi) is 3.66. The molecule has 0 heterocycles.